The van der Waals surface area contributed by atoms with Gasteiger partial charge in [0.2, 0.25) is 0 Å². The Morgan fingerprint density at radius 3 is 0.480 bits per heavy atom. The Kier molecular flexibility index (Phi) is 14.0. The van der Waals surface area contributed by atoms with E-state index in [9.17, 15) is 59.4 Å². The third kappa shape index (κ3) is 10.00. The molecule has 2 radical (unpaired) electrons. The number of rotatable bonds is 6. The molecule has 6 rings (SSSR count). The van der Waals surface area contributed by atoms with E-state index < -0.39 is 35.8 Å². The summed E-state index contributed by atoms with van der Waals surface area (Å²) >= 11 is 0. The van der Waals surface area contributed by atoms with Gasteiger partial charge in [0.05, 0.1) is 35.8 Å². The first-order valence-corrected chi connectivity index (χ1v) is 13.6. The summed E-state index contributed by atoms with van der Waals surface area (Å²) in [6.45, 7) is 0. The Morgan fingerprint density at radius 2 is 0.380 bits per heavy atom. The molecule has 0 aromatic heterocycles. The van der Waals surface area contributed by atoms with E-state index in [2.05, 4.69) is 0 Å². The largest absolute Gasteiger partial charge is 3.00 e. The van der Waals surface area contributed by atoms with Gasteiger partial charge in [-0.2, -0.15) is 0 Å². The number of carboxylic acid groups (broad SMARTS) is 6. The van der Waals surface area contributed by atoms with Crippen molar-refractivity contribution >= 4 is 68.1 Å². The molecular weight excluding hydrogens is 728 g/mol. The van der Waals surface area contributed by atoms with E-state index in [-0.39, 0.29) is 68.1 Å². The number of hydrogen-bond acceptors (Lipinski definition) is 12. The smallest absolute Gasteiger partial charge is 0.545 e. The van der Waals surface area contributed by atoms with Crippen molar-refractivity contribution in [1.29, 1.82) is 0 Å². The maximum Gasteiger partial charge on any atom is 3.00 e. The van der Waals surface area contributed by atoms with Crippen LogP contribution in [0.15, 0.2) is 109 Å². The van der Waals surface area contributed by atoms with Crippen molar-refractivity contribution in [3.63, 3.8) is 0 Å². The summed E-state index contributed by atoms with van der Waals surface area (Å²) in [5.74, 6) is -7.55. The topological polar surface area (TPSA) is 241 Å². The molecule has 0 saturated carbocycles. The summed E-state index contributed by atoms with van der Waals surface area (Å²) in [5, 5.41) is 67.5. The fourth-order valence-corrected chi connectivity index (χ4v) is 4.50. The van der Waals surface area contributed by atoms with Crippen molar-refractivity contribution in [2.45, 2.75) is 0 Å². The van der Waals surface area contributed by atoms with Crippen LogP contribution in [0.3, 0.4) is 0 Å². The zero-order chi connectivity index (χ0) is 35.1. The van der Waals surface area contributed by atoms with Gasteiger partial charge >= 0.3 is 34.7 Å². The van der Waals surface area contributed by atoms with Crippen molar-refractivity contribution in [3.8, 4) is 0 Å². The van der Waals surface area contributed by atoms with Gasteiger partial charge < -0.3 is 59.4 Å². The second-order valence-corrected chi connectivity index (χ2v) is 10.1. The number of carboxylic acids is 6. The van der Waals surface area contributed by atoms with Crippen molar-refractivity contribution < 1.29 is 94.1 Å². The number of benzene rings is 6. The summed E-state index contributed by atoms with van der Waals surface area (Å²) in [6.07, 6.45) is 0. The second-order valence-electron chi connectivity index (χ2n) is 10.1. The summed E-state index contributed by atoms with van der Waals surface area (Å²) in [4.78, 5) is 63.6. The summed E-state index contributed by atoms with van der Waals surface area (Å²) in [6, 6.07) is 26.0. The molecule has 0 saturated heterocycles. The van der Waals surface area contributed by atoms with E-state index >= 15 is 0 Å². The SMILES string of the molecule is O=C([O-])c1ccc2cc(C(=O)[O-])ccc2c1.O=C([O-])c1ccc2cc(C(=O)[O-])ccc2c1.O=C([O-])c1ccc2cc(C(=O)[O-])ccc2c1.[Cr+3].[Cr+3]. The van der Waals surface area contributed by atoms with Gasteiger partial charge in [-0.1, -0.05) is 72.8 Å². The van der Waals surface area contributed by atoms with Gasteiger partial charge in [-0.15, -0.1) is 0 Å². The molecule has 0 N–H and O–H groups in total. The van der Waals surface area contributed by atoms with Crippen LogP contribution in [0.25, 0.3) is 32.3 Å². The number of carbonyl (C=O) groups is 6. The maximum atomic E-state index is 10.6. The molecule has 0 amide bonds. The van der Waals surface area contributed by atoms with Gasteiger partial charge in [0.25, 0.3) is 0 Å². The van der Waals surface area contributed by atoms with E-state index in [0.29, 0.717) is 32.3 Å². The van der Waals surface area contributed by atoms with Gasteiger partial charge in [0.15, 0.2) is 0 Å². The van der Waals surface area contributed by atoms with Crippen LogP contribution in [0.5, 0.6) is 0 Å². The first kappa shape index (κ1) is 40.2. The minimum absolute atomic E-state index is 0. The Bertz CT molecular complexity index is 1870. The Hall–Kier alpha value is -6.02. The fourth-order valence-electron chi connectivity index (χ4n) is 4.50. The monoisotopic (exact) mass is 746 g/mol. The molecule has 6 aromatic carbocycles. The van der Waals surface area contributed by atoms with Crippen LogP contribution >= 0.6 is 0 Å². The number of hydrogen-bond donors (Lipinski definition) is 0. The number of carbonyl (C=O) groups excluding carboxylic acids is 6. The average Bonchev–Trinajstić information content (AvgIpc) is 3.07. The van der Waals surface area contributed by atoms with Crippen molar-refractivity contribution in [2.75, 3.05) is 0 Å². The van der Waals surface area contributed by atoms with Crippen LogP contribution in [0.1, 0.15) is 62.1 Å². The van der Waals surface area contributed by atoms with E-state index in [1.807, 2.05) is 0 Å². The van der Waals surface area contributed by atoms with Gasteiger partial charge in [-0.25, -0.2) is 0 Å². The molecule has 6 aromatic rings. The Morgan fingerprint density at radius 1 is 0.260 bits per heavy atom. The van der Waals surface area contributed by atoms with Gasteiger partial charge in [-0.05, 0) is 102 Å². The predicted molar refractivity (Wildman–Crippen MR) is 158 cm³/mol. The third-order valence-electron chi connectivity index (χ3n) is 6.93. The fraction of sp³-hybridized carbons (Fsp3) is 0. The van der Waals surface area contributed by atoms with Crippen LogP contribution in [-0.2, 0) is 34.7 Å². The minimum Gasteiger partial charge on any atom is -0.545 e. The maximum absolute atomic E-state index is 10.6. The molecule has 0 aliphatic carbocycles. The van der Waals surface area contributed by atoms with E-state index in [1.54, 1.807) is 0 Å². The minimum atomic E-state index is -1.26. The van der Waals surface area contributed by atoms with Gasteiger partial charge in [-0.3, -0.25) is 0 Å². The average molecular weight is 747 g/mol. The first-order chi connectivity index (χ1) is 22.7. The predicted octanol–water partition coefficient (Wildman–Crippen LogP) is -1.30. The van der Waals surface area contributed by atoms with E-state index in [0.717, 1.165) is 0 Å². The van der Waals surface area contributed by atoms with Crippen LogP contribution in [0, 0.1) is 0 Å². The normalized spacial score (nSPS) is 9.84. The third-order valence-corrected chi connectivity index (χ3v) is 6.93. The van der Waals surface area contributed by atoms with Crippen LogP contribution in [-0.4, -0.2) is 35.8 Å². The molecule has 0 spiro atoms. The van der Waals surface area contributed by atoms with E-state index in [4.69, 9.17) is 0 Å². The Labute approximate surface area is 303 Å². The van der Waals surface area contributed by atoms with Crippen LogP contribution in [0.2, 0.25) is 0 Å². The quantitative estimate of drug-likeness (QED) is 0.193. The van der Waals surface area contributed by atoms with Gasteiger partial charge in [0.1, 0.15) is 0 Å². The molecule has 0 fully saturated rings. The summed E-state index contributed by atoms with van der Waals surface area (Å²) in [5.41, 5.74) is 0.382. The van der Waals surface area contributed by atoms with Crippen molar-refractivity contribution in [2.24, 2.45) is 0 Å². The standard InChI is InChI=1S/3C12H8O4.2Cr/c3*13-11(14)9-3-1-7-5-10(12(15)16)4-2-8(7)6-9;;/h3*1-6H,(H,13,14)(H,15,16);;/q;;;2*+3/p-6. The van der Waals surface area contributed by atoms with Crippen LogP contribution < -0.4 is 30.6 Å². The van der Waals surface area contributed by atoms with E-state index in [1.165, 1.54) is 109 Å². The summed E-state index contributed by atoms with van der Waals surface area (Å²) < 4.78 is 0. The Balaban J connectivity index is 0.000000255. The zero-order valence-electron chi connectivity index (χ0n) is 25.1. The molecule has 0 unspecified atom stereocenters. The number of aromatic carboxylic acids is 6. The first-order valence-electron chi connectivity index (χ1n) is 13.6. The number of fused-ring (bicyclic) bond motifs is 3. The molecular formula is C36H18Cr2O12. The molecule has 12 nitrogen and oxygen atoms in total. The molecule has 0 heterocycles. The molecule has 0 bridgehead atoms. The zero-order valence-corrected chi connectivity index (χ0v) is 27.7. The van der Waals surface area contributed by atoms with Crippen LogP contribution in [0.4, 0.5) is 0 Å². The van der Waals surface area contributed by atoms with Gasteiger partial charge in [0, 0.05) is 0 Å². The molecule has 14 heteroatoms. The molecule has 0 aliphatic heterocycles. The molecule has 50 heavy (non-hydrogen) atoms. The second kappa shape index (κ2) is 17.4. The molecule has 246 valence electrons. The summed E-state index contributed by atoms with van der Waals surface area (Å²) in [7, 11) is 0. The molecule has 0 aliphatic rings. The van der Waals surface area contributed by atoms with Crippen molar-refractivity contribution in [1.82, 2.24) is 0 Å². The molecule has 0 atom stereocenters. The van der Waals surface area contributed by atoms with Crippen molar-refractivity contribution in [3.05, 3.63) is 143 Å².